The summed E-state index contributed by atoms with van der Waals surface area (Å²) < 4.78 is 60.3. The second kappa shape index (κ2) is 20.4. The van der Waals surface area contributed by atoms with Crippen molar-refractivity contribution in [2.24, 2.45) is 46.3 Å². The predicted octanol–water partition coefficient (Wildman–Crippen LogP) is -4.37. The Hall–Kier alpha value is -1.25. The average Bonchev–Trinajstić information content (AvgIpc) is 3.81. The Balaban J connectivity index is 0.831. The highest BCUT2D eigenvalue weighted by Gasteiger charge is 2.73. The van der Waals surface area contributed by atoms with E-state index in [2.05, 4.69) is 20.8 Å². The van der Waals surface area contributed by atoms with Gasteiger partial charge in [0.15, 0.2) is 36.7 Å². The number of fused-ring (bicyclic) bond motifs is 7. The third-order valence-corrected chi connectivity index (χ3v) is 19.6. The number of hydrogen-bond donors (Lipinski definition) is 13. The minimum Gasteiger partial charge on any atom is -0.394 e. The molecule has 10 rings (SSSR count). The van der Waals surface area contributed by atoms with Crippen molar-refractivity contribution in [3.05, 3.63) is 0 Å². The van der Waals surface area contributed by atoms with Gasteiger partial charge in [-0.25, -0.2) is 0 Å². The van der Waals surface area contributed by atoms with E-state index in [0.29, 0.717) is 12.5 Å². The molecule has 6 aliphatic heterocycles. The number of hydrogen-bond acceptors (Lipinski definition) is 24. The number of aliphatic hydroxyl groups is 13. The van der Waals surface area contributed by atoms with E-state index in [9.17, 15) is 71.2 Å². The Labute approximate surface area is 422 Å². The van der Waals surface area contributed by atoms with E-state index in [-0.39, 0.29) is 66.2 Å². The normalized spacial score (nSPS) is 58.3. The van der Waals surface area contributed by atoms with Gasteiger partial charge in [-0.3, -0.25) is 4.79 Å². The Morgan fingerprint density at radius 3 is 1.95 bits per heavy atom. The largest absolute Gasteiger partial charge is 0.394 e. The third kappa shape index (κ3) is 9.00. The van der Waals surface area contributed by atoms with E-state index in [1.54, 1.807) is 0 Å². The summed E-state index contributed by atoms with van der Waals surface area (Å²) in [5.74, 6) is -0.0823. The summed E-state index contributed by atoms with van der Waals surface area (Å²) in [7, 11) is 0. The maximum absolute atomic E-state index is 14.6. The number of rotatable bonds is 10. The highest BCUT2D eigenvalue weighted by Crippen LogP contribution is 2.71. The molecule has 24 heteroatoms. The van der Waals surface area contributed by atoms with Crippen LogP contribution in [0.5, 0.6) is 0 Å². The molecular formula is C49H78O24. The van der Waals surface area contributed by atoms with Crippen LogP contribution in [0.25, 0.3) is 0 Å². The van der Waals surface area contributed by atoms with Gasteiger partial charge in [0.05, 0.1) is 51.3 Å². The van der Waals surface area contributed by atoms with Gasteiger partial charge in [-0.1, -0.05) is 27.7 Å². The number of carbonyl (C=O) groups excluding carboxylic acids is 1. The van der Waals surface area contributed by atoms with Gasteiger partial charge in [0.1, 0.15) is 91.1 Å². The fourth-order valence-corrected chi connectivity index (χ4v) is 15.4. The van der Waals surface area contributed by atoms with Crippen molar-refractivity contribution in [1.82, 2.24) is 0 Å². The first-order valence-corrected chi connectivity index (χ1v) is 26.3. The Kier molecular flexibility index (Phi) is 15.4. The zero-order valence-corrected chi connectivity index (χ0v) is 41.6. The number of ether oxygens (including phenoxy) is 10. The van der Waals surface area contributed by atoms with Gasteiger partial charge in [0.2, 0.25) is 0 Å². The maximum atomic E-state index is 14.6. The Morgan fingerprint density at radius 1 is 0.616 bits per heavy atom. The van der Waals surface area contributed by atoms with Crippen LogP contribution in [0.1, 0.15) is 79.1 Å². The van der Waals surface area contributed by atoms with Crippen LogP contribution in [0.2, 0.25) is 0 Å². The SMILES string of the molecule is C[C@@H]1CC[C@@]2(OC1)O[C@H]1CC3[C@@H]4CC(=O)[C@@]5(O)C[C@@H](O[C@H]6OC(CO)[C@H](O[C@@H]7OC[C@@H](O)C(O[C@@H]8OC[C@@H](O)C(O)C8O)C7O[C@@H]7OC(CO)[C@H](O)C(O)C7O)C(O)C6O)[C@H](O)C[C@]5(C)C4CC[C@]3(C)[C@H]1[C@@H]2C. The molecule has 6 heterocycles. The molecule has 4 saturated carbocycles. The van der Waals surface area contributed by atoms with Gasteiger partial charge in [-0.2, -0.15) is 0 Å². The van der Waals surface area contributed by atoms with Crippen LogP contribution in [0.4, 0.5) is 0 Å². The summed E-state index contributed by atoms with van der Waals surface area (Å²) in [4.78, 5) is 14.6. The van der Waals surface area contributed by atoms with Gasteiger partial charge < -0.3 is 114 Å². The predicted molar refractivity (Wildman–Crippen MR) is 239 cm³/mol. The van der Waals surface area contributed by atoms with E-state index in [0.717, 1.165) is 32.1 Å². The van der Waals surface area contributed by atoms with Crippen molar-refractivity contribution in [3.63, 3.8) is 0 Å². The molecule has 1 spiro atoms. The highest BCUT2D eigenvalue weighted by atomic mass is 16.8. The molecular weight excluding hydrogens is 973 g/mol. The Morgan fingerprint density at radius 2 is 1.25 bits per heavy atom. The van der Waals surface area contributed by atoms with Crippen LogP contribution >= 0.6 is 0 Å². The first-order valence-electron chi connectivity index (χ1n) is 26.3. The van der Waals surface area contributed by atoms with E-state index < -0.39 is 166 Å². The fourth-order valence-electron chi connectivity index (χ4n) is 15.4. The second-order valence-corrected chi connectivity index (χ2v) is 23.7. The molecule has 12 unspecified atom stereocenters. The van der Waals surface area contributed by atoms with Crippen LogP contribution in [0, 0.1) is 46.3 Å². The standard InChI is InChI=1S/C49H78O24/c1-18-5-8-49(66-15-18)19(2)31-26(73-49)10-22-20-9-30(55)48(63)12-27(23(52)11-47(48,4)21(20)6-7-46(22,31)3)67-43-38(62)35(59)40(29(14-51)69-43)71-45-41(72-44-37(61)34(58)33(57)28(13-50)68-44)39(25(54)17-65-45)70-42-36(60)32(56)24(53)16-64-42/h18-29,31-45,50-54,56-63H,5-17H2,1-4H3/t18-,19+,20-,21?,22?,23-,24-,25-,26+,27-,28?,29?,31+,32?,33+,34?,35?,36?,37?,38?,39?,40+,41?,42+,43+,44+,45+,46+,47-,48+,49-/m1/s1. The average molecular weight is 1050 g/mol. The van der Waals surface area contributed by atoms with E-state index in [4.69, 9.17) is 47.4 Å². The summed E-state index contributed by atoms with van der Waals surface area (Å²) in [5.41, 5.74) is -3.10. The van der Waals surface area contributed by atoms with E-state index in [1.807, 2.05) is 6.92 Å². The van der Waals surface area contributed by atoms with Crippen LogP contribution in [0.3, 0.4) is 0 Å². The van der Waals surface area contributed by atoms with Crippen molar-refractivity contribution in [2.75, 3.05) is 33.0 Å². The van der Waals surface area contributed by atoms with Gasteiger partial charge in [0, 0.05) is 30.6 Å². The molecule has 13 N–H and O–H groups in total. The first kappa shape index (κ1) is 55.1. The molecule has 0 aromatic rings. The molecule has 0 amide bonds. The number of Topliss-reactive ketones (excluding diaryl/α,β-unsaturated/α-hetero) is 1. The lowest BCUT2D eigenvalue weighted by Gasteiger charge is -2.64. The first-order chi connectivity index (χ1) is 34.5. The number of ketones is 1. The third-order valence-electron chi connectivity index (χ3n) is 19.6. The zero-order chi connectivity index (χ0) is 52.4. The minimum atomic E-state index is -2.00. The number of carbonyl (C=O) groups is 1. The monoisotopic (exact) mass is 1050 g/mol. The smallest absolute Gasteiger partial charge is 0.187 e. The summed E-state index contributed by atoms with van der Waals surface area (Å²) >= 11 is 0. The molecule has 418 valence electrons. The van der Waals surface area contributed by atoms with Crippen molar-refractivity contribution < 1.29 is 119 Å². The van der Waals surface area contributed by atoms with Crippen LogP contribution in [0.15, 0.2) is 0 Å². The number of aliphatic hydroxyl groups excluding tert-OH is 12. The van der Waals surface area contributed by atoms with Crippen molar-refractivity contribution in [1.29, 1.82) is 0 Å². The maximum Gasteiger partial charge on any atom is 0.187 e. The molecule has 24 nitrogen and oxygen atoms in total. The van der Waals surface area contributed by atoms with Crippen molar-refractivity contribution in [3.8, 4) is 0 Å². The van der Waals surface area contributed by atoms with Gasteiger partial charge in [-0.05, 0) is 67.1 Å². The van der Waals surface area contributed by atoms with Crippen LogP contribution < -0.4 is 0 Å². The molecule has 73 heavy (non-hydrogen) atoms. The van der Waals surface area contributed by atoms with Crippen molar-refractivity contribution >= 4 is 5.78 Å². The fraction of sp³-hybridized carbons (Fsp3) is 0.980. The van der Waals surface area contributed by atoms with Gasteiger partial charge >= 0.3 is 0 Å². The van der Waals surface area contributed by atoms with Gasteiger partial charge in [0.25, 0.3) is 0 Å². The summed E-state index contributed by atoms with van der Waals surface area (Å²) in [5, 5.41) is 143. The lowest BCUT2D eigenvalue weighted by molar-refractivity contribution is -0.395. The summed E-state index contributed by atoms with van der Waals surface area (Å²) in [6.07, 6.45) is -30.5. The summed E-state index contributed by atoms with van der Waals surface area (Å²) in [6.45, 7) is 6.47. The van der Waals surface area contributed by atoms with Crippen LogP contribution in [-0.4, -0.2) is 246 Å². The van der Waals surface area contributed by atoms with Crippen molar-refractivity contribution in [2.45, 2.75) is 219 Å². The molecule has 4 aliphatic carbocycles. The zero-order valence-electron chi connectivity index (χ0n) is 41.6. The molecule has 31 atom stereocenters. The molecule has 0 aromatic carbocycles. The van der Waals surface area contributed by atoms with E-state index in [1.165, 1.54) is 0 Å². The van der Waals surface area contributed by atoms with E-state index >= 15 is 0 Å². The minimum absolute atomic E-state index is 0.00954. The lowest BCUT2D eigenvalue weighted by Crippen LogP contribution is -2.70. The Bertz CT molecular complexity index is 1940. The second-order valence-electron chi connectivity index (χ2n) is 23.7. The van der Waals surface area contributed by atoms with Crippen LogP contribution in [-0.2, 0) is 52.2 Å². The summed E-state index contributed by atoms with van der Waals surface area (Å²) in [6, 6.07) is 0. The molecule has 0 radical (unpaired) electrons. The quantitative estimate of drug-likeness (QED) is 0.0920. The molecule has 10 fully saturated rings. The molecule has 10 aliphatic rings. The topological polar surface area (TPSA) is 372 Å². The highest BCUT2D eigenvalue weighted by molar-refractivity contribution is 5.89. The molecule has 0 bridgehead atoms. The van der Waals surface area contributed by atoms with Gasteiger partial charge in [-0.15, -0.1) is 0 Å². The molecule has 6 saturated heterocycles. The lowest BCUT2D eigenvalue weighted by atomic mass is 9.42. The molecule has 0 aromatic heterocycles.